The van der Waals surface area contributed by atoms with Gasteiger partial charge in [-0.15, -0.1) is 0 Å². The minimum absolute atomic E-state index is 0.412. The van der Waals surface area contributed by atoms with E-state index in [1.165, 1.54) is 12.1 Å². The van der Waals surface area contributed by atoms with Gasteiger partial charge in [0.15, 0.2) is 6.21 Å². The molecular weight excluding hydrogens is 573 g/mol. The Kier molecular flexibility index (Phi) is 7.43. The molecule has 2 heterocycles. The molecule has 2 N–H and O–H groups in total. The van der Waals surface area contributed by atoms with Crippen molar-refractivity contribution in [1.29, 1.82) is 0 Å². The first-order chi connectivity index (χ1) is 21.9. The highest BCUT2D eigenvalue weighted by Gasteiger charge is 2.31. The lowest BCUT2D eigenvalue weighted by atomic mass is 9.89. The minimum Gasteiger partial charge on any atom is -0.489 e. The number of alkyl halides is 3. The molecule has 1 aliphatic rings. The van der Waals surface area contributed by atoms with Crippen molar-refractivity contribution < 1.29 is 27.6 Å². The van der Waals surface area contributed by atoms with E-state index in [4.69, 9.17) is 9.47 Å². The molecular formula is C38H28F3N2O2+. The molecule has 0 bridgehead atoms. The highest BCUT2D eigenvalue weighted by atomic mass is 19.4. The summed E-state index contributed by atoms with van der Waals surface area (Å²) in [5.74, 6) is 1.38. The Bertz CT molecular complexity index is 2030. The first-order valence-electron chi connectivity index (χ1n) is 14.5. The molecule has 7 rings (SSSR count). The summed E-state index contributed by atoms with van der Waals surface area (Å²) < 4.78 is 52.8. The second-order valence-electron chi connectivity index (χ2n) is 10.8. The summed E-state index contributed by atoms with van der Waals surface area (Å²) in [5, 5.41) is 0.890. The van der Waals surface area contributed by atoms with Gasteiger partial charge in [-0.2, -0.15) is 13.2 Å². The van der Waals surface area contributed by atoms with Gasteiger partial charge in [-0.05, 0) is 59.2 Å². The van der Waals surface area contributed by atoms with Crippen LogP contribution >= 0.6 is 0 Å². The van der Waals surface area contributed by atoms with E-state index >= 15 is 0 Å². The fraction of sp³-hybridized carbons (Fsp3) is 0.0789. The number of benzene rings is 5. The molecule has 222 valence electrons. The van der Waals surface area contributed by atoms with Crippen LogP contribution in [-0.4, -0.2) is 11.2 Å². The van der Waals surface area contributed by atoms with Crippen molar-refractivity contribution in [3.8, 4) is 11.5 Å². The third kappa shape index (κ3) is 5.97. The molecule has 0 atom stereocenters. The molecule has 0 fully saturated rings. The lowest BCUT2D eigenvalue weighted by molar-refractivity contribution is -0.342. The lowest BCUT2D eigenvalue weighted by Crippen LogP contribution is -2.58. The Hall–Kier alpha value is -5.56. The quantitative estimate of drug-likeness (QED) is 0.185. The SMILES string of the molecule is FC(F)(F)c1ccc(C(=C2C=[NH+]c3ccc(OCc4ccccc4)cc32)c2c[nH]c3ccc(OCc4ccccc4)cc23)cc1. The van der Waals surface area contributed by atoms with Gasteiger partial charge < -0.3 is 14.5 Å². The third-order valence-electron chi connectivity index (χ3n) is 7.84. The number of fused-ring (bicyclic) bond motifs is 2. The fourth-order valence-electron chi connectivity index (χ4n) is 5.56. The molecule has 4 nitrogen and oxygen atoms in total. The number of halogens is 3. The smallest absolute Gasteiger partial charge is 0.416 e. The Labute approximate surface area is 258 Å². The highest BCUT2D eigenvalue weighted by molar-refractivity contribution is 6.25. The van der Waals surface area contributed by atoms with E-state index < -0.39 is 11.7 Å². The fourth-order valence-corrected chi connectivity index (χ4v) is 5.56. The zero-order valence-electron chi connectivity index (χ0n) is 24.1. The van der Waals surface area contributed by atoms with Crippen molar-refractivity contribution in [3.05, 3.63) is 161 Å². The summed E-state index contributed by atoms with van der Waals surface area (Å²) in [5.41, 5.74) is 7.16. The monoisotopic (exact) mass is 601 g/mol. The molecule has 0 saturated carbocycles. The van der Waals surface area contributed by atoms with E-state index in [-0.39, 0.29) is 0 Å². The summed E-state index contributed by atoms with van der Waals surface area (Å²) in [6.07, 6.45) is -0.642. The van der Waals surface area contributed by atoms with E-state index in [1.54, 1.807) is 0 Å². The van der Waals surface area contributed by atoms with Crippen molar-refractivity contribution in [2.24, 2.45) is 0 Å². The van der Waals surface area contributed by atoms with Gasteiger partial charge in [0.05, 0.1) is 16.7 Å². The molecule has 0 aliphatic carbocycles. The van der Waals surface area contributed by atoms with Crippen LogP contribution in [0.25, 0.3) is 22.0 Å². The average molecular weight is 602 g/mol. The van der Waals surface area contributed by atoms with Gasteiger partial charge in [0.25, 0.3) is 0 Å². The van der Waals surface area contributed by atoms with E-state index in [9.17, 15) is 13.2 Å². The van der Waals surface area contributed by atoms with Gasteiger partial charge in [-0.3, -0.25) is 0 Å². The number of allylic oxidation sites excluding steroid dienone is 1. The normalized spacial score (nSPS) is 13.6. The zero-order valence-corrected chi connectivity index (χ0v) is 24.1. The van der Waals surface area contributed by atoms with Gasteiger partial charge in [0, 0.05) is 34.3 Å². The average Bonchev–Trinajstić information content (AvgIpc) is 3.68. The molecule has 0 amide bonds. The van der Waals surface area contributed by atoms with Crippen LogP contribution in [0.5, 0.6) is 11.5 Å². The van der Waals surface area contributed by atoms with Crippen LogP contribution in [0.4, 0.5) is 18.9 Å². The molecule has 0 unspecified atom stereocenters. The molecule has 0 saturated heterocycles. The first kappa shape index (κ1) is 28.2. The highest BCUT2D eigenvalue weighted by Crippen LogP contribution is 2.40. The van der Waals surface area contributed by atoms with Crippen LogP contribution in [0.1, 0.15) is 33.4 Å². The summed E-state index contributed by atoms with van der Waals surface area (Å²) in [7, 11) is 0. The zero-order chi connectivity index (χ0) is 30.8. The number of hydrogen-bond donors (Lipinski definition) is 2. The van der Waals surface area contributed by atoms with Crippen LogP contribution in [0.2, 0.25) is 0 Å². The summed E-state index contributed by atoms with van der Waals surface area (Å²) in [4.78, 5) is 6.69. The van der Waals surface area contributed by atoms with Crippen LogP contribution in [0.3, 0.4) is 0 Å². The van der Waals surface area contributed by atoms with Crippen molar-refractivity contribution in [2.75, 3.05) is 0 Å². The molecule has 45 heavy (non-hydrogen) atoms. The van der Waals surface area contributed by atoms with Gasteiger partial charge in [-0.25, -0.2) is 4.99 Å². The Balaban J connectivity index is 1.32. The number of hydrogen-bond acceptors (Lipinski definition) is 2. The van der Waals surface area contributed by atoms with E-state index in [1.807, 2.05) is 109 Å². The number of rotatable bonds is 8. The van der Waals surface area contributed by atoms with Gasteiger partial charge in [0.1, 0.15) is 24.7 Å². The van der Waals surface area contributed by atoms with Gasteiger partial charge in [-0.1, -0.05) is 72.8 Å². The maximum atomic E-state index is 13.5. The molecule has 7 heteroatoms. The Morgan fingerprint density at radius 1 is 0.689 bits per heavy atom. The van der Waals surface area contributed by atoms with Crippen molar-refractivity contribution in [2.45, 2.75) is 19.4 Å². The minimum atomic E-state index is -4.43. The molecule has 1 aliphatic heterocycles. The van der Waals surface area contributed by atoms with E-state index in [0.717, 1.165) is 62.1 Å². The maximum absolute atomic E-state index is 13.5. The summed E-state index contributed by atoms with van der Waals surface area (Å²) >= 11 is 0. The summed E-state index contributed by atoms with van der Waals surface area (Å²) in [6, 6.07) is 36.8. The molecule has 1 aromatic heterocycles. The molecule has 0 radical (unpaired) electrons. The lowest BCUT2D eigenvalue weighted by Gasteiger charge is -2.13. The third-order valence-corrected chi connectivity index (χ3v) is 7.84. The van der Waals surface area contributed by atoms with Crippen LogP contribution < -0.4 is 14.5 Å². The predicted molar refractivity (Wildman–Crippen MR) is 170 cm³/mol. The van der Waals surface area contributed by atoms with Gasteiger partial charge in [0.2, 0.25) is 5.69 Å². The van der Waals surface area contributed by atoms with Crippen LogP contribution in [0, 0.1) is 0 Å². The second kappa shape index (κ2) is 11.8. The predicted octanol–water partition coefficient (Wildman–Crippen LogP) is 8.10. The van der Waals surface area contributed by atoms with Gasteiger partial charge >= 0.3 is 6.18 Å². The molecule has 6 aromatic rings. The molecule has 5 aromatic carbocycles. The topological polar surface area (TPSA) is 48.2 Å². The number of ether oxygens (including phenoxy) is 2. The standard InChI is InChI=1S/C38H27F3N2O2/c39-38(40,41)28-13-11-27(12-14-28)37(33-21-42-35-17-15-29(19-31(33)35)44-23-25-7-3-1-4-8-25)34-22-43-36-18-16-30(20-32(34)36)45-24-26-9-5-2-6-10-26/h1-22,42H,23-24H2/p+1. The van der Waals surface area contributed by atoms with Crippen molar-refractivity contribution in [1.82, 2.24) is 4.98 Å². The molecule has 0 spiro atoms. The number of nitrogens with one attached hydrogen (secondary N) is 2. The number of aromatic nitrogens is 1. The Morgan fingerprint density at radius 2 is 1.31 bits per heavy atom. The van der Waals surface area contributed by atoms with E-state index in [2.05, 4.69) is 9.98 Å². The maximum Gasteiger partial charge on any atom is 0.416 e. The second-order valence-corrected chi connectivity index (χ2v) is 10.8. The largest absolute Gasteiger partial charge is 0.489 e. The Morgan fingerprint density at radius 3 is 1.96 bits per heavy atom. The van der Waals surface area contributed by atoms with Crippen molar-refractivity contribution >= 4 is 34.0 Å². The van der Waals surface area contributed by atoms with Crippen LogP contribution in [-0.2, 0) is 19.4 Å². The van der Waals surface area contributed by atoms with Crippen LogP contribution in [0.15, 0.2) is 128 Å². The van der Waals surface area contributed by atoms with E-state index in [0.29, 0.717) is 30.3 Å². The van der Waals surface area contributed by atoms with Crippen molar-refractivity contribution in [3.63, 3.8) is 0 Å². The summed E-state index contributed by atoms with van der Waals surface area (Å²) in [6.45, 7) is 0.825. The first-order valence-corrected chi connectivity index (χ1v) is 14.5. The number of aromatic amines is 1. The number of H-pyrrole nitrogens is 1.